The Morgan fingerprint density at radius 2 is 2.06 bits per heavy atom. The van der Waals surface area contributed by atoms with Crippen molar-refractivity contribution in [1.29, 1.82) is 0 Å². The first-order valence-corrected chi connectivity index (χ1v) is 4.99. The molecule has 0 aromatic carbocycles. The van der Waals surface area contributed by atoms with Crippen LogP contribution in [-0.4, -0.2) is 21.6 Å². The van der Waals surface area contributed by atoms with Crippen molar-refractivity contribution in [3.63, 3.8) is 0 Å². The van der Waals surface area contributed by atoms with Gasteiger partial charge in [-0.1, -0.05) is 6.07 Å². The maximum absolute atomic E-state index is 11.1. The highest BCUT2D eigenvalue weighted by atomic mass is 32.1. The van der Waals surface area contributed by atoms with Crippen molar-refractivity contribution in [2.45, 2.75) is 13.8 Å². The number of nitrogens with zero attached hydrogens (tertiary/aromatic N) is 2. The zero-order chi connectivity index (χ0) is 12.1. The highest BCUT2D eigenvalue weighted by Crippen LogP contribution is 2.01. The normalized spacial score (nSPS) is 11.0. The second kappa shape index (κ2) is 5.32. The molecule has 1 rings (SSSR count). The number of Topliss-reactive ketones (excluding diaryl/α,β-unsaturated/α-hetero) is 1. The monoisotopic (exact) mass is 236 g/mol. The second-order valence-corrected chi connectivity index (χ2v) is 3.58. The molecule has 0 unspecified atom stereocenters. The molecule has 1 aromatic rings. The molecule has 0 saturated heterocycles. The minimum atomic E-state index is -0.0862. The molecule has 0 amide bonds. The lowest BCUT2D eigenvalue weighted by atomic mass is 10.2. The van der Waals surface area contributed by atoms with Gasteiger partial charge in [0.2, 0.25) is 0 Å². The summed E-state index contributed by atoms with van der Waals surface area (Å²) in [4.78, 5) is 15.3. The summed E-state index contributed by atoms with van der Waals surface area (Å²) in [6.45, 7) is 3.21. The lowest BCUT2D eigenvalue weighted by Crippen LogP contribution is -2.25. The van der Waals surface area contributed by atoms with Gasteiger partial charge in [-0.05, 0) is 31.3 Å². The molecule has 16 heavy (non-hydrogen) atoms. The fraction of sp³-hybridized carbons (Fsp3) is 0.200. The van der Waals surface area contributed by atoms with Crippen LogP contribution in [0.1, 0.15) is 30.0 Å². The van der Waals surface area contributed by atoms with Crippen molar-refractivity contribution in [3.05, 3.63) is 29.6 Å². The smallest absolute Gasteiger partial charge is 0.184 e. The molecular formula is C10H12N4OS. The second-order valence-electron chi connectivity index (χ2n) is 3.14. The Labute approximate surface area is 98.8 Å². The third-order valence-electron chi connectivity index (χ3n) is 1.81. The van der Waals surface area contributed by atoms with Gasteiger partial charge in [0.1, 0.15) is 5.69 Å². The van der Waals surface area contributed by atoms with Crippen molar-refractivity contribution in [2.75, 3.05) is 0 Å². The van der Waals surface area contributed by atoms with Gasteiger partial charge in [0.25, 0.3) is 0 Å². The number of carbonyl (C=O) groups excluding carboxylic acids is 1. The topological polar surface area (TPSA) is 80.4 Å². The molecular weight excluding hydrogens is 224 g/mol. The molecule has 5 nitrogen and oxygen atoms in total. The van der Waals surface area contributed by atoms with Gasteiger partial charge >= 0.3 is 0 Å². The summed E-state index contributed by atoms with van der Waals surface area (Å²) in [7, 11) is 0. The lowest BCUT2D eigenvalue weighted by molar-refractivity contribution is 0.101. The highest BCUT2D eigenvalue weighted by molar-refractivity contribution is 7.80. The third kappa shape index (κ3) is 3.39. The van der Waals surface area contributed by atoms with Gasteiger partial charge < -0.3 is 5.73 Å². The number of carbonyl (C=O) groups is 1. The van der Waals surface area contributed by atoms with Crippen LogP contribution in [0.2, 0.25) is 0 Å². The van der Waals surface area contributed by atoms with Gasteiger partial charge in [0.15, 0.2) is 10.9 Å². The van der Waals surface area contributed by atoms with Crippen molar-refractivity contribution in [3.8, 4) is 0 Å². The Morgan fingerprint density at radius 3 is 2.62 bits per heavy atom. The Hall–Kier alpha value is -1.82. The molecule has 0 spiro atoms. The molecule has 1 heterocycles. The van der Waals surface area contributed by atoms with E-state index < -0.39 is 0 Å². The van der Waals surface area contributed by atoms with E-state index >= 15 is 0 Å². The fourth-order valence-corrected chi connectivity index (χ4v) is 1.07. The average molecular weight is 236 g/mol. The SMILES string of the molecule is CC(=O)c1cccc(C(C)=NNC(N)=S)n1. The van der Waals surface area contributed by atoms with E-state index in [1.807, 2.05) is 0 Å². The van der Waals surface area contributed by atoms with Crippen LogP contribution in [0.25, 0.3) is 0 Å². The molecule has 0 aliphatic heterocycles. The Morgan fingerprint density at radius 1 is 1.44 bits per heavy atom. The summed E-state index contributed by atoms with van der Waals surface area (Å²) >= 11 is 4.62. The van der Waals surface area contributed by atoms with Gasteiger partial charge in [-0.3, -0.25) is 10.2 Å². The van der Waals surface area contributed by atoms with E-state index in [1.165, 1.54) is 6.92 Å². The number of hydrogen-bond donors (Lipinski definition) is 2. The molecule has 1 aromatic heterocycles. The quantitative estimate of drug-likeness (QED) is 0.352. The number of pyridine rings is 1. The van der Waals surface area contributed by atoms with Gasteiger partial charge in [-0.15, -0.1) is 0 Å². The zero-order valence-electron chi connectivity index (χ0n) is 9.02. The number of hydrogen-bond acceptors (Lipinski definition) is 4. The van der Waals surface area contributed by atoms with E-state index in [4.69, 9.17) is 5.73 Å². The predicted octanol–water partition coefficient (Wildman–Crippen LogP) is 0.841. The van der Waals surface area contributed by atoms with Crippen molar-refractivity contribution < 1.29 is 4.79 Å². The Bertz CT molecular complexity index is 456. The number of rotatable bonds is 3. The van der Waals surface area contributed by atoms with Crippen LogP contribution in [-0.2, 0) is 0 Å². The molecule has 0 fully saturated rings. The Kier molecular flexibility index (Phi) is 4.07. The summed E-state index contributed by atoms with van der Waals surface area (Å²) in [6, 6.07) is 5.16. The minimum absolute atomic E-state index is 0.0853. The predicted molar refractivity (Wildman–Crippen MR) is 66.4 cm³/mol. The molecule has 0 radical (unpaired) electrons. The first-order valence-electron chi connectivity index (χ1n) is 4.59. The van der Waals surface area contributed by atoms with E-state index in [2.05, 4.69) is 27.7 Å². The number of hydrazone groups is 1. The Balaban J connectivity index is 2.95. The average Bonchev–Trinajstić information content (AvgIpc) is 2.26. The first-order chi connectivity index (χ1) is 7.50. The van der Waals surface area contributed by atoms with Gasteiger partial charge in [-0.2, -0.15) is 5.10 Å². The van der Waals surface area contributed by atoms with E-state index in [1.54, 1.807) is 25.1 Å². The number of ketones is 1. The number of nitrogens with two attached hydrogens (primary N) is 1. The molecule has 84 valence electrons. The van der Waals surface area contributed by atoms with Crippen molar-refractivity contribution >= 4 is 28.8 Å². The van der Waals surface area contributed by atoms with Gasteiger partial charge in [0.05, 0.1) is 11.4 Å². The zero-order valence-corrected chi connectivity index (χ0v) is 9.84. The van der Waals surface area contributed by atoms with Crippen LogP contribution in [0.15, 0.2) is 23.3 Å². The van der Waals surface area contributed by atoms with E-state index in [0.29, 0.717) is 17.1 Å². The number of aromatic nitrogens is 1. The first kappa shape index (κ1) is 12.3. The molecule has 0 atom stereocenters. The van der Waals surface area contributed by atoms with Crippen LogP contribution in [0.3, 0.4) is 0 Å². The summed E-state index contributed by atoms with van der Waals surface area (Å²) in [5, 5.41) is 4.01. The largest absolute Gasteiger partial charge is 0.375 e. The summed E-state index contributed by atoms with van der Waals surface area (Å²) in [5.74, 6) is -0.0862. The standard InChI is InChI=1S/C10H12N4OS/c1-6(13-14-10(11)16)8-4-3-5-9(12-8)7(2)15/h3-5H,1-2H3,(H3,11,14,16). The fourth-order valence-electron chi connectivity index (χ4n) is 1.03. The maximum Gasteiger partial charge on any atom is 0.184 e. The molecule has 0 bridgehead atoms. The summed E-state index contributed by atoms with van der Waals surface area (Å²) in [6.07, 6.45) is 0. The van der Waals surface area contributed by atoms with Crippen LogP contribution >= 0.6 is 12.2 Å². The van der Waals surface area contributed by atoms with Crippen LogP contribution in [0.5, 0.6) is 0 Å². The third-order valence-corrected chi connectivity index (χ3v) is 1.91. The number of nitrogens with one attached hydrogen (secondary N) is 1. The van der Waals surface area contributed by atoms with Crippen molar-refractivity contribution in [1.82, 2.24) is 10.4 Å². The van der Waals surface area contributed by atoms with E-state index in [-0.39, 0.29) is 10.9 Å². The molecule has 3 N–H and O–H groups in total. The van der Waals surface area contributed by atoms with Crippen LogP contribution in [0.4, 0.5) is 0 Å². The molecule has 0 saturated carbocycles. The maximum atomic E-state index is 11.1. The molecule has 6 heteroatoms. The minimum Gasteiger partial charge on any atom is -0.375 e. The molecule has 0 aliphatic rings. The van der Waals surface area contributed by atoms with Gasteiger partial charge in [0, 0.05) is 6.92 Å². The van der Waals surface area contributed by atoms with E-state index in [0.717, 1.165) is 0 Å². The van der Waals surface area contributed by atoms with Crippen LogP contribution < -0.4 is 11.2 Å². The van der Waals surface area contributed by atoms with E-state index in [9.17, 15) is 4.79 Å². The summed E-state index contributed by atoms with van der Waals surface area (Å²) < 4.78 is 0. The molecule has 0 aliphatic carbocycles. The van der Waals surface area contributed by atoms with Crippen LogP contribution in [0, 0.1) is 0 Å². The van der Waals surface area contributed by atoms with Gasteiger partial charge in [-0.25, -0.2) is 4.98 Å². The number of thiocarbonyl (C=S) groups is 1. The highest BCUT2D eigenvalue weighted by Gasteiger charge is 2.04. The summed E-state index contributed by atoms with van der Waals surface area (Å²) in [5.41, 5.74) is 9.32. The van der Waals surface area contributed by atoms with Crippen molar-refractivity contribution in [2.24, 2.45) is 10.8 Å². The lowest BCUT2D eigenvalue weighted by Gasteiger charge is -2.02.